The number of hydrogen-bond acceptors (Lipinski definition) is 4. The average molecular weight is 235 g/mol. The summed E-state index contributed by atoms with van der Waals surface area (Å²) < 4.78 is 0. The maximum absolute atomic E-state index is 10.5. The standard InChI is InChI=1S/C12H17N3O2/c1-3-14-9(2)8-12(13)10-4-6-11(7-5-10)15(16)17/h4-7,9,13-14H,3,8H2,1-2H3. The van der Waals surface area contributed by atoms with Gasteiger partial charge in [0.05, 0.1) is 4.92 Å². The topological polar surface area (TPSA) is 79.0 Å². The minimum absolute atomic E-state index is 0.0567. The molecular formula is C12H17N3O2. The first-order valence-corrected chi connectivity index (χ1v) is 5.60. The van der Waals surface area contributed by atoms with Gasteiger partial charge in [-0.15, -0.1) is 0 Å². The van der Waals surface area contributed by atoms with E-state index in [-0.39, 0.29) is 11.7 Å². The van der Waals surface area contributed by atoms with Gasteiger partial charge in [-0.05, 0) is 31.2 Å². The monoisotopic (exact) mass is 235 g/mol. The molecule has 17 heavy (non-hydrogen) atoms. The molecule has 0 saturated heterocycles. The summed E-state index contributed by atoms with van der Waals surface area (Å²) in [5, 5.41) is 21.6. The third kappa shape index (κ3) is 3.96. The average Bonchev–Trinajstić information content (AvgIpc) is 2.29. The summed E-state index contributed by atoms with van der Waals surface area (Å²) in [6.07, 6.45) is 0.617. The molecule has 1 atom stereocenters. The number of benzene rings is 1. The quantitative estimate of drug-likeness (QED) is 0.451. The van der Waals surface area contributed by atoms with E-state index in [1.165, 1.54) is 12.1 Å². The summed E-state index contributed by atoms with van der Waals surface area (Å²) in [7, 11) is 0. The van der Waals surface area contributed by atoms with Crippen LogP contribution in [-0.4, -0.2) is 23.2 Å². The number of hydrogen-bond donors (Lipinski definition) is 2. The molecule has 0 radical (unpaired) electrons. The van der Waals surface area contributed by atoms with Crippen molar-refractivity contribution in [3.8, 4) is 0 Å². The van der Waals surface area contributed by atoms with E-state index in [1.54, 1.807) is 12.1 Å². The Kier molecular flexibility index (Phi) is 4.78. The Balaban J connectivity index is 2.66. The van der Waals surface area contributed by atoms with Crippen molar-refractivity contribution in [1.82, 2.24) is 5.32 Å². The highest BCUT2D eigenvalue weighted by Gasteiger charge is 2.09. The van der Waals surface area contributed by atoms with Gasteiger partial charge in [-0.3, -0.25) is 10.1 Å². The smallest absolute Gasteiger partial charge is 0.269 e. The van der Waals surface area contributed by atoms with Crippen molar-refractivity contribution >= 4 is 11.4 Å². The maximum atomic E-state index is 10.5. The highest BCUT2D eigenvalue weighted by atomic mass is 16.6. The molecule has 0 aromatic heterocycles. The Bertz CT molecular complexity index is 401. The summed E-state index contributed by atoms with van der Waals surface area (Å²) >= 11 is 0. The summed E-state index contributed by atoms with van der Waals surface area (Å²) in [4.78, 5) is 10.1. The number of non-ortho nitro benzene ring substituents is 1. The van der Waals surface area contributed by atoms with E-state index in [4.69, 9.17) is 5.41 Å². The van der Waals surface area contributed by atoms with E-state index in [1.807, 2.05) is 13.8 Å². The molecule has 0 spiro atoms. The number of nitro benzene ring substituents is 1. The van der Waals surface area contributed by atoms with E-state index in [9.17, 15) is 10.1 Å². The number of nitrogens with one attached hydrogen (secondary N) is 2. The van der Waals surface area contributed by atoms with Crippen molar-refractivity contribution in [2.45, 2.75) is 26.3 Å². The van der Waals surface area contributed by atoms with Crippen LogP contribution in [0.5, 0.6) is 0 Å². The number of nitrogens with zero attached hydrogens (tertiary/aromatic N) is 1. The fraction of sp³-hybridized carbons (Fsp3) is 0.417. The Morgan fingerprint density at radius 1 is 1.47 bits per heavy atom. The summed E-state index contributed by atoms with van der Waals surface area (Å²) in [5.74, 6) is 0. The van der Waals surface area contributed by atoms with Crippen molar-refractivity contribution in [2.75, 3.05) is 6.54 Å². The van der Waals surface area contributed by atoms with Gasteiger partial charge in [0.25, 0.3) is 5.69 Å². The fourth-order valence-corrected chi connectivity index (χ4v) is 1.63. The van der Waals surface area contributed by atoms with Gasteiger partial charge < -0.3 is 10.7 Å². The Hall–Kier alpha value is -1.75. The molecule has 0 bridgehead atoms. The highest BCUT2D eigenvalue weighted by Crippen LogP contribution is 2.13. The molecule has 1 aromatic rings. The Morgan fingerprint density at radius 3 is 2.53 bits per heavy atom. The van der Waals surface area contributed by atoms with Gasteiger partial charge in [-0.2, -0.15) is 0 Å². The predicted molar refractivity (Wildman–Crippen MR) is 67.7 cm³/mol. The van der Waals surface area contributed by atoms with Gasteiger partial charge in [-0.25, -0.2) is 0 Å². The highest BCUT2D eigenvalue weighted by molar-refractivity contribution is 5.98. The molecular weight excluding hydrogens is 218 g/mol. The van der Waals surface area contributed by atoms with Crippen LogP contribution in [0.3, 0.4) is 0 Å². The lowest BCUT2D eigenvalue weighted by atomic mass is 10.0. The van der Waals surface area contributed by atoms with Crippen LogP contribution in [0.15, 0.2) is 24.3 Å². The van der Waals surface area contributed by atoms with Gasteiger partial charge in [0.1, 0.15) is 0 Å². The van der Waals surface area contributed by atoms with Crippen molar-refractivity contribution in [1.29, 1.82) is 5.41 Å². The number of nitro groups is 1. The molecule has 2 N–H and O–H groups in total. The minimum atomic E-state index is -0.436. The largest absolute Gasteiger partial charge is 0.314 e. The normalized spacial score (nSPS) is 12.1. The van der Waals surface area contributed by atoms with Crippen molar-refractivity contribution in [3.63, 3.8) is 0 Å². The van der Waals surface area contributed by atoms with E-state index in [2.05, 4.69) is 5.32 Å². The lowest BCUT2D eigenvalue weighted by Crippen LogP contribution is -2.28. The molecule has 0 amide bonds. The van der Waals surface area contributed by atoms with Crippen LogP contribution in [0.4, 0.5) is 5.69 Å². The molecule has 5 nitrogen and oxygen atoms in total. The zero-order chi connectivity index (χ0) is 12.8. The molecule has 0 aliphatic rings. The van der Waals surface area contributed by atoms with Crippen LogP contribution in [-0.2, 0) is 0 Å². The molecule has 1 rings (SSSR count). The lowest BCUT2D eigenvalue weighted by Gasteiger charge is -2.12. The first-order valence-electron chi connectivity index (χ1n) is 5.60. The van der Waals surface area contributed by atoms with Gasteiger partial charge in [0, 0.05) is 30.3 Å². The first-order chi connectivity index (χ1) is 8.04. The molecule has 0 aliphatic carbocycles. The fourth-order valence-electron chi connectivity index (χ4n) is 1.63. The van der Waals surface area contributed by atoms with Crippen LogP contribution in [0.25, 0.3) is 0 Å². The number of rotatable bonds is 6. The molecule has 0 heterocycles. The maximum Gasteiger partial charge on any atom is 0.269 e. The Labute approximate surface area is 101 Å². The van der Waals surface area contributed by atoms with E-state index in [0.717, 1.165) is 12.1 Å². The molecule has 1 aromatic carbocycles. The second kappa shape index (κ2) is 6.10. The van der Waals surface area contributed by atoms with Gasteiger partial charge in [0.15, 0.2) is 0 Å². The van der Waals surface area contributed by atoms with Crippen LogP contribution in [0, 0.1) is 15.5 Å². The third-order valence-electron chi connectivity index (χ3n) is 2.49. The van der Waals surface area contributed by atoms with Crippen molar-refractivity contribution < 1.29 is 4.92 Å². The SMILES string of the molecule is CCNC(C)CC(=N)c1ccc([N+](=O)[O-])cc1. The lowest BCUT2D eigenvalue weighted by molar-refractivity contribution is -0.384. The van der Waals surface area contributed by atoms with Crippen LogP contribution < -0.4 is 5.32 Å². The minimum Gasteiger partial charge on any atom is -0.314 e. The molecule has 5 heteroatoms. The Morgan fingerprint density at radius 2 is 2.06 bits per heavy atom. The summed E-state index contributed by atoms with van der Waals surface area (Å²) in [5.41, 5.74) is 1.29. The molecule has 0 fully saturated rings. The second-order valence-corrected chi connectivity index (χ2v) is 3.95. The van der Waals surface area contributed by atoms with E-state index in [0.29, 0.717) is 12.1 Å². The van der Waals surface area contributed by atoms with Gasteiger partial charge in [-0.1, -0.05) is 6.92 Å². The molecule has 0 saturated carbocycles. The van der Waals surface area contributed by atoms with Crippen LogP contribution in [0.1, 0.15) is 25.8 Å². The molecule has 1 unspecified atom stereocenters. The van der Waals surface area contributed by atoms with Gasteiger partial charge >= 0.3 is 0 Å². The third-order valence-corrected chi connectivity index (χ3v) is 2.49. The van der Waals surface area contributed by atoms with Crippen LogP contribution in [0.2, 0.25) is 0 Å². The molecule has 92 valence electrons. The van der Waals surface area contributed by atoms with E-state index >= 15 is 0 Å². The zero-order valence-corrected chi connectivity index (χ0v) is 10.1. The zero-order valence-electron chi connectivity index (χ0n) is 10.1. The van der Waals surface area contributed by atoms with Crippen molar-refractivity contribution in [2.24, 2.45) is 0 Å². The summed E-state index contributed by atoms with van der Waals surface area (Å²) in [6, 6.07) is 6.35. The molecule has 0 aliphatic heterocycles. The van der Waals surface area contributed by atoms with Crippen LogP contribution >= 0.6 is 0 Å². The second-order valence-electron chi connectivity index (χ2n) is 3.95. The van der Waals surface area contributed by atoms with E-state index < -0.39 is 4.92 Å². The summed E-state index contributed by atoms with van der Waals surface area (Å²) in [6.45, 7) is 4.91. The van der Waals surface area contributed by atoms with Crippen molar-refractivity contribution in [3.05, 3.63) is 39.9 Å². The first kappa shape index (κ1) is 13.3. The predicted octanol–water partition coefficient (Wildman–Crippen LogP) is 2.35. The van der Waals surface area contributed by atoms with Gasteiger partial charge in [0.2, 0.25) is 0 Å².